The third kappa shape index (κ3) is 5.06. The van der Waals surface area contributed by atoms with E-state index in [0.717, 1.165) is 10.9 Å². The van der Waals surface area contributed by atoms with Crippen molar-refractivity contribution in [2.24, 2.45) is 5.92 Å². The number of carbonyl (C=O) groups excluding carboxylic acids is 1. The van der Waals surface area contributed by atoms with Crippen LogP contribution in [0.2, 0.25) is 5.02 Å². The molecule has 1 aliphatic rings. The maximum atomic E-state index is 13.2. The SMILES string of the molecule is CC(C)(C)c1ccc(Cn2ncc3c(Cl)ccc(C(=O)NC4CCC(C(=O)O)CC4)c32)cc1. The lowest BCUT2D eigenvalue weighted by Crippen LogP contribution is -2.38. The first-order valence-electron chi connectivity index (χ1n) is 11.4. The van der Waals surface area contributed by atoms with E-state index in [9.17, 15) is 14.7 Å². The van der Waals surface area contributed by atoms with Crippen molar-refractivity contribution in [2.75, 3.05) is 0 Å². The predicted octanol–water partition coefficient (Wildman–Crippen LogP) is 5.41. The molecule has 0 saturated heterocycles. The quantitative estimate of drug-likeness (QED) is 0.525. The number of aliphatic carboxylic acids is 1. The molecule has 2 aromatic carbocycles. The van der Waals surface area contributed by atoms with Crippen LogP contribution in [0, 0.1) is 5.92 Å². The number of carboxylic acids is 1. The summed E-state index contributed by atoms with van der Waals surface area (Å²) in [4.78, 5) is 24.4. The molecule has 174 valence electrons. The second-order valence-electron chi connectivity index (χ2n) is 9.97. The fraction of sp³-hybridized carbons (Fsp3) is 0.423. The van der Waals surface area contributed by atoms with Crippen LogP contribution in [-0.4, -0.2) is 32.8 Å². The largest absolute Gasteiger partial charge is 0.481 e. The molecule has 0 atom stereocenters. The Morgan fingerprint density at radius 2 is 1.76 bits per heavy atom. The third-order valence-electron chi connectivity index (χ3n) is 6.56. The van der Waals surface area contributed by atoms with E-state index in [1.165, 1.54) is 5.56 Å². The fourth-order valence-electron chi connectivity index (χ4n) is 4.50. The number of carboxylic acid groups (broad SMARTS) is 1. The molecule has 0 aliphatic heterocycles. The number of nitrogens with zero attached hydrogens (tertiary/aromatic N) is 2. The first kappa shape index (κ1) is 23.3. The molecule has 1 heterocycles. The lowest BCUT2D eigenvalue weighted by molar-refractivity contribution is -0.142. The summed E-state index contributed by atoms with van der Waals surface area (Å²) in [5, 5.41) is 18.1. The van der Waals surface area contributed by atoms with Crippen molar-refractivity contribution < 1.29 is 14.7 Å². The maximum absolute atomic E-state index is 13.2. The second-order valence-corrected chi connectivity index (χ2v) is 10.4. The van der Waals surface area contributed by atoms with Crippen LogP contribution in [0.3, 0.4) is 0 Å². The van der Waals surface area contributed by atoms with Crippen LogP contribution >= 0.6 is 11.6 Å². The van der Waals surface area contributed by atoms with Gasteiger partial charge in [-0.3, -0.25) is 14.3 Å². The van der Waals surface area contributed by atoms with Crippen molar-refractivity contribution in [1.29, 1.82) is 0 Å². The summed E-state index contributed by atoms with van der Waals surface area (Å²) in [6, 6.07) is 11.9. The van der Waals surface area contributed by atoms with Gasteiger partial charge in [-0.05, 0) is 54.4 Å². The molecule has 1 amide bonds. The normalized spacial score (nSPS) is 18.9. The minimum Gasteiger partial charge on any atom is -0.481 e. The van der Waals surface area contributed by atoms with E-state index in [1.54, 1.807) is 18.3 Å². The summed E-state index contributed by atoms with van der Waals surface area (Å²) in [7, 11) is 0. The number of carbonyl (C=O) groups is 2. The molecule has 0 unspecified atom stereocenters. The number of fused-ring (bicyclic) bond motifs is 1. The van der Waals surface area contributed by atoms with Crippen LogP contribution in [0.5, 0.6) is 0 Å². The number of hydrogen-bond donors (Lipinski definition) is 2. The standard InChI is InChI=1S/C26H30ClN3O3/c1-26(2,3)18-8-4-16(5-9-18)15-30-23-20(12-13-22(27)21(23)14-28-30)24(31)29-19-10-6-17(7-11-19)25(32)33/h4-5,8-9,12-14,17,19H,6-7,10-11,15H2,1-3H3,(H,29,31)(H,32,33). The molecular weight excluding hydrogens is 438 g/mol. The van der Waals surface area contributed by atoms with Gasteiger partial charge in [-0.2, -0.15) is 5.10 Å². The third-order valence-corrected chi connectivity index (χ3v) is 6.89. The van der Waals surface area contributed by atoms with Gasteiger partial charge in [0.1, 0.15) is 0 Å². The zero-order valence-electron chi connectivity index (χ0n) is 19.3. The fourth-order valence-corrected chi connectivity index (χ4v) is 4.70. The molecule has 33 heavy (non-hydrogen) atoms. The summed E-state index contributed by atoms with van der Waals surface area (Å²) in [5.41, 5.74) is 3.67. The molecule has 0 bridgehead atoms. The predicted molar refractivity (Wildman–Crippen MR) is 130 cm³/mol. The van der Waals surface area contributed by atoms with E-state index in [0.29, 0.717) is 48.3 Å². The molecule has 1 saturated carbocycles. The molecule has 1 fully saturated rings. The average Bonchev–Trinajstić information content (AvgIpc) is 3.18. The molecule has 4 rings (SSSR count). The second kappa shape index (κ2) is 9.18. The van der Waals surface area contributed by atoms with Gasteiger partial charge >= 0.3 is 5.97 Å². The van der Waals surface area contributed by atoms with Crippen LogP contribution in [0.25, 0.3) is 10.9 Å². The monoisotopic (exact) mass is 467 g/mol. The van der Waals surface area contributed by atoms with Crippen LogP contribution in [0.15, 0.2) is 42.6 Å². The minimum absolute atomic E-state index is 0.0276. The minimum atomic E-state index is -0.751. The first-order chi connectivity index (χ1) is 15.6. The summed E-state index contributed by atoms with van der Waals surface area (Å²) < 4.78 is 1.82. The highest BCUT2D eigenvalue weighted by atomic mass is 35.5. The van der Waals surface area contributed by atoms with Crippen molar-refractivity contribution in [3.63, 3.8) is 0 Å². The average molecular weight is 468 g/mol. The molecule has 7 heteroatoms. The number of benzene rings is 2. The highest BCUT2D eigenvalue weighted by Gasteiger charge is 2.27. The molecule has 6 nitrogen and oxygen atoms in total. The van der Waals surface area contributed by atoms with Crippen molar-refractivity contribution in [2.45, 2.75) is 64.5 Å². The van der Waals surface area contributed by atoms with Gasteiger partial charge in [0.05, 0.1) is 34.8 Å². The van der Waals surface area contributed by atoms with E-state index in [1.807, 2.05) is 4.68 Å². The number of halogens is 1. The highest BCUT2D eigenvalue weighted by Crippen LogP contribution is 2.29. The van der Waals surface area contributed by atoms with Crippen LogP contribution in [-0.2, 0) is 16.8 Å². The van der Waals surface area contributed by atoms with Crippen LogP contribution < -0.4 is 5.32 Å². The van der Waals surface area contributed by atoms with Gasteiger partial charge < -0.3 is 10.4 Å². The summed E-state index contributed by atoms with van der Waals surface area (Å²) in [5.74, 6) is -1.25. The van der Waals surface area contributed by atoms with Gasteiger partial charge in [0.25, 0.3) is 5.91 Å². The van der Waals surface area contributed by atoms with Gasteiger partial charge in [-0.15, -0.1) is 0 Å². The molecule has 0 radical (unpaired) electrons. The Bertz CT molecular complexity index is 1170. The van der Waals surface area contributed by atoms with Crippen molar-refractivity contribution in [3.8, 4) is 0 Å². The lowest BCUT2D eigenvalue weighted by Gasteiger charge is -2.27. The lowest BCUT2D eigenvalue weighted by atomic mass is 9.86. The molecule has 1 aliphatic carbocycles. The number of rotatable bonds is 5. The van der Waals surface area contributed by atoms with Gasteiger partial charge in [-0.1, -0.05) is 56.6 Å². The van der Waals surface area contributed by atoms with Gasteiger partial charge in [0.15, 0.2) is 0 Å². The van der Waals surface area contributed by atoms with Gasteiger partial charge in [0, 0.05) is 11.4 Å². The maximum Gasteiger partial charge on any atom is 0.306 e. The number of amides is 1. The van der Waals surface area contributed by atoms with E-state index < -0.39 is 5.97 Å². The summed E-state index contributed by atoms with van der Waals surface area (Å²) in [6.07, 6.45) is 4.20. The first-order valence-corrected chi connectivity index (χ1v) is 11.8. The number of aromatic nitrogens is 2. The Morgan fingerprint density at radius 3 is 2.36 bits per heavy atom. The Morgan fingerprint density at radius 1 is 1.09 bits per heavy atom. The van der Waals surface area contributed by atoms with Gasteiger partial charge in [0.2, 0.25) is 0 Å². The van der Waals surface area contributed by atoms with E-state index in [-0.39, 0.29) is 23.3 Å². The Hall–Kier alpha value is -2.86. The highest BCUT2D eigenvalue weighted by molar-refractivity contribution is 6.36. The molecule has 3 aromatic rings. The van der Waals surface area contributed by atoms with Gasteiger partial charge in [-0.25, -0.2) is 0 Å². The number of hydrogen-bond acceptors (Lipinski definition) is 3. The molecular formula is C26H30ClN3O3. The molecule has 1 aromatic heterocycles. The zero-order valence-corrected chi connectivity index (χ0v) is 20.0. The molecule has 0 spiro atoms. The topological polar surface area (TPSA) is 84.2 Å². The van der Waals surface area contributed by atoms with E-state index in [2.05, 4.69) is 55.5 Å². The Balaban J connectivity index is 1.57. The Labute approximate surface area is 198 Å². The van der Waals surface area contributed by atoms with Crippen LogP contribution in [0.4, 0.5) is 0 Å². The van der Waals surface area contributed by atoms with E-state index in [4.69, 9.17) is 11.6 Å². The van der Waals surface area contributed by atoms with E-state index >= 15 is 0 Å². The van der Waals surface area contributed by atoms with Crippen molar-refractivity contribution >= 4 is 34.4 Å². The molecule has 2 N–H and O–H groups in total. The summed E-state index contributed by atoms with van der Waals surface area (Å²) in [6.45, 7) is 7.08. The smallest absolute Gasteiger partial charge is 0.306 e. The van der Waals surface area contributed by atoms with Crippen molar-refractivity contribution in [1.82, 2.24) is 15.1 Å². The van der Waals surface area contributed by atoms with Crippen molar-refractivity contribution in [3.05, 3.63) is 64.3 Å². The zero-order chi connectivity index (χ0) is 23.8. The number of nitrogens with one attached hydrogen (secondary N) is 1. The summed E-state index contributed by atoms with van der Waals surface area (Å²) >= 11 is 6.42. The van der Waals surface area contributed by atoms with Crippen LogP contribution in [0.1, 0.15) is 67.9 Å². The Kier molecular flexibility index (Phi) is 6.48.